The van der Waals surface area contributed by atoms with E-state index in [-0.39, 0.29) is 34.4 Å². The molecule has 1 spiro atoms. The average Bonchev–Trinajstić information content (AvgIpc) is 3.38. The number of amides is 1. The fraction of sp³-hybridized carbons (Fsp3) is 0.423. The lowest BCUT2D eigenvalue weighted by atomic mass is 9.84. The van der Waals surface area contributed by atoms with Crippen LogP contribution in [-0.4, -0.2) is 68.0 Å². The van der Waals surface area contributed by atoms with Gasteiger partial charge in [-0.15, -0.1) is 21.8 Å². The number of pyridine rings is 1. The summed E-state index contributed by atoms with van der Waals surface area (Å²) in [6.45, 7) is 1.54. The number of esters is 1. The maximum absolute atomic E-state index is 14.1. The normalized spacial score (nSPS) is 21.4. The first kappa shape index (κ1) is 28.0. The highest BCUT2D eigenvalue weighted by molar-refractivity contribution is 7.14. The predicted molar refractivity (Wildman–Crippen MR) is 143 cm³/mol. The molecule has 40 heavy (non-hydrogen) atoms. The number of fused-ring (bicyclic) bond motifs is 1. The average molecular weight is 594 g/mol. The monoisotopic (exact) mass is 593 g/mol. The fourth-order valence-corrected chi connectivity index (χ4v) is 6.21. The number of hydrogen-bond donors (Lipinski definition) is 1. The third kappa shape index (κ3) is 4.70. The van der Waals surface area contributed by atoms with Crippen molar-refractivity contribution >= 4 is 34.8 Å². The first-order valence-electron chi connectivity index (χ1n) is 12.5. The van der Waals surface area contributed by atoms with Crippen LogP contribution < -0.4 is 10.4 Å². The van der Waals surface area contributed by atoms with Gasteiger partial charge in [0.1, 0.15) is 33.8 Å². The van der Waals surface area contributed by atoms with Crippen molar-refractivity contribution in [3.8, 4) is 16.3 Å². The zero-order chi connectivity index (χ0) is 28.9. The molecular formula is C26H26ClF2N5O5S. The second-order valence-electron chi connectivity index (χ2n) is 9.95. The number of hydrogen-bond acceptors (Lipinski definition) is 9. The SMILES string of the molecule is CC(Cl)C(=O)OC1CCC2(CC1)N(C)C(=O)c1c(O)c(=O)c(-c3nnc(Cc4ccc(F)cc4F)s3)cn1N2C. The van der Waals surface area contributed by atoms with Crippen molar-refractivity contribution in [2.24, 2.45) is 0 Å². The topological polar surface area (TPSA) is 118 Å². The summed E-state index contributed by atoms with van der Waals surface area (Å²) in [7, 11) is 3.36. The highest BCUT2D eigenvalue weighted by atomic mass is 35.5. The van der Waals surface area contributed by atoms with Crippen LogP contribution in [-0.2, 0) is 16.0 Å². The molecule has 2 aliphatic rings. The molecule has 1 aromatic carbocycles. The van der Waals surface area contributed by atoms with Crippen LogP contribution in [0.1, 0.15) is 53.7 Å². The van der Waals surface area contributed by atoms with E-state index in [4.69, 9.17) is 16.3 Å². The third-order valence-electron chi connectivity index (χ3n) is 7.62. The molecule has 212 valence electrons. The standard InChI is InChI=1S/C26H26ClF2N5O5S/c1-13(27)25(38)39-16-6-8-26(9-7-16)32(2)24(37)20-22(36)21(35)17(12-34(20)33(26)3)23-31-30-19(40-23)10-14-4-5-15(28)11-18(14)29/h4-5,11-13,16,36H,6-10H2,1-3H3. The van der Waals surface area contributed by atoms with Crippen molar-refractivity contribution < 1.29 is 28.2 Å². The Hall–Kier alpha value is -3.58. The van der Waals surface area contributed by atoms with Gasteiger partial charge >= 0.3 is 5.97 Å². The number of aromatic nitrogens is 3. The van der Waals surface area contributed by atoms with E-state index < -0.39 is 45.7 Å². The van der Waals surface area contributed by atoms with Crippen LogP contribution in [0.15, 0.2) is 29.2 Å². The fourth-order valence-electron chi connectivity index (χ4n) is 5.29. The summed E-state index contributed by atoms with van der Waals surface area (Å²) >= 11 is 6.86. The minimum atomic E-state index is -0.815. The number of benzene rings is 1. The van der Waals surface area contributed by atoms with Crippen LogP contribution >= 0.6 is 22.9 Å². The Kier molecular flexibility index (Phi) is 7.29. The summed E-state index contributed by atoms with van der Waals surface area (Å²) in [6.07, 6.45) is 2.98. The van der Waals surface area contributed by atoms with Gasteiger partial charge in [-0.25, -0.2) is 8.78 Å². The second kappa shape index (κ2) is 10.4. The summed E-state index contributed by atoms with van der Waals surface area (Å²) < 4.78 is 34.3. The van der Waals surface area contributed by atoms with Gasteiger partial charge in [-0.1, -0.05) is 17.4 Å². The summed E-state index contributed by atoms with van der Waals surface area (Å²) in [6, 6.07) is 3.23. The Balaban J connectivity index is 1.46. The van der Waals surface area contributed by atoms with Gasteiger partial charge in [0.05, 0.1) is 5.56 Å². The van der Waals surface area contributed by atoms with Gasteiger partial charge in [0.15, 0.2) is 16.5 Å². The van der Waals surface area contributed by atoms with Gasteiger partial charge in [-0.3, -0.25) is 24.1 Å². The quantitative estimate of drug-likeness (QED) is 0.353. The molecule has 10 nitrogen and oxygen atoms in total. The summed E-state index contributed by atoms with van der Waals surface area (Å²) in [5, 5.41) is 20.6. The van der Waals surface area contributed by atoms with Crippen LogP contribution in [0.4, 0.5) is 8.78 Å². The molecule has 1 atom stereocenters. The molecule has 1 fully saturated rings. The van der Waals surface area contributed by atoms with E-state index in [2.05, 4.69) is 10.2 Å². The molecule has 14 heteroatoms. The van der Waals surface area contributed by atoms with Crippen molar-refractivity contribution in [2.45, 2.75) is 56.2 Å². The molecule has 1 aliphatic heterocycles. The number of carbonyl (C=O) groups is 2. The zero-order valence-electron chi connectivity index (χ0n) is 21.9. The number of alkyl halides is 1. The maximum Gasteiger partial charge on any atom is 0.324 e. The van der Waals surface area contributed by atoms with Gasteiger partial charge in [0.25, 0.3) is 5.91 Å². The minimum Gasteiger partial charge on any atom is -0.502 e. The molecule has 3 aromatic rings. The Bertz CT molecular complexity index is 1550. The molecule has 1 saturated carbocycles. The van der Waals surface area contributed by atoms with E-state index in [1.54, 1.807) is 26.0 Å². The summed E-state index contributed by atoms with van der Waals surface area (Å²) in [4.78, 5) is 40.1. The second-order valence-corrected chi connectivity index (χ2v) is 11.7. The molecule has 0 saturated heterocycles. The highest BCUT2D eigenvalue weighted by Gasteiger charge is 2.50. The zero-order valence-corrected chi connectivity index (χ0v) is 23.4. The number of nitrogens with zero attached hydrogens (tertiary/aromatic N) is 5. The summed E-state index contributed by atoms with van der Waals surface area (Å²) in [5.41, 5.74) is -1.57. The van der Waals surface area contributed by atoms with Crippen LogP contribution in [0.5, 0.6) is 5.75 Å². The van der Waals surface area contributed by atoms with E-state index in [9.17, 15) is 28.3 Å². The van der Waals surface area contributed by atoms with Crippen molar-refractivity contribution in [3.63, 3.8) is 0 Å². The van der Waals surface area contributed by atoms with Crippen LogP contribution in [0.25, 0.3) is 10.6 Å². The maximum atomic E-state index is 14.1. The Labute approximate surface area is 236 Å². The minimum absolute atomic E-state index is 0.0163. The largest absolute Gasteiger partial charge is 0.502 e. The van der Waals surface area contributed by atoms with Crippen molar-refractivity contribution in [2.75, 3.05) is 19.1 Å². The summed E-state index contributed by atoms with van der Waals surface area (Å²) in [5.74, 6) is -3.18. The van der Waals surface area contributed by atoms with Crippen LogP contribution in [0.3, 0.4) is 0 Å². The number of halogens is 3. The molecule has 1 amide bonds. The highest BCUT2D eigenvalue weighted by Crippen LogP contribution is 2.41. The molecule has 1 unspecified atom stereocenters. The van der Waals surface area contributed by atoms with Gasteiger partial charge in [-0.05, 0) is 44.2 Å². The number of rotatable bonds is 5. The predicted octanol–water partition coefficient (Wildman–Crippen LogP) is 3.40. The van der Waals surface area contributed by atoms with Crippen LogP contribution in [0, 0.1) is 11.6 Å². The van der Waals surface area contributed by atoms with E-state index in [1.165, 1.54) is 21.8 Å². The van der Waals surface area contributed by atoms with Gasteiger partial charge in [0.2, 0.25) is 5.43 Å². The van der Waals surface area contributed by atoms with Crippen LogP contribution in [0.2, 0.25) is 0 Å². The molecule has 1 N–H and O–H groups in total. The van der Waals surface area contributed by atoms with E-state index in [0.29, 0.717) is 30.7 Å². The number of carbonyl (C=O) groups excluding carboxylic acids is 2. The van der Waals surface area contributed by atoms with E-state index in [0.717, 1.165) is 23.5 Å². The Morgan fingerprint density at radius 2 is 1.95 bits per heavy atom. The molecule has 2 aromatic heterocycles. The van der Waals surface area contributed by atoms with Crippen molar-refractivity contribution in [1.29, 1.82) is 0 Å². The van der Waals surface area contributed by atoms with Crippen molar-refractivity contribution in [1.82, 2.24) is 19.8 Å². The lowest BCUT2D eigenvalue weighted by Gasteiger charge is -2.55. The van der Waals surface area contributed by atoms with Crippen molar-refractivity contribution in [3.05, 3.63) is 62.5 Å². The lowest BCUT2D eigenvalue weighted by Crippen LogP contribution is -2.69. The number of aromatic hydroxyl groups is 1. The van der Waals surface area contributed by atoms with Gasteiger partial charge in [0, 0.05) is 32.8 Å². The molecule has 0 bridgehead atoms. The van der Waals surface area contributed by atoms with Gasteiger partial charge < -0.3 is 14.7 Å². The number of ether oxygens (including phenoxy) is 1. The van der Waals surface area contributed by atoms with Gasteiger partial charge in [-0.2, -0.15) is 0 Å². The molecular weight excluding hydrogens is 568 g/mol. The third-order valence-corrected chi connectivity index (χ3v) is 8.75. The first-order valence-corrected chi connectivity index (χ1v) is 13.8. The van der Waals surface area contributed by atoms with E-state index >= 15 is 0 Å². The Morgan fingerprint density at radius 1 is 1.25 bits per heavy atom. The van der Waals surface area contributed by atoms with E-state index in [1.807, 2.05) is 0 Å². The molecule has 3 heterocycles. The first-order chi connectivity index (χ1) is 18.9. The molecule has 0 radical (unpaired) electrons. The lowest BCUT2D eigenvalue weighted by molar-refractivity contribution is -0.151. The Morgan fingerprint density at radius 3 is 2.60 bits per heavy atom. The molecule has 1 aliphatic carbocycles. The molecule has 5 rings (SSSR count). The smallest absolute Gasteiger partial charge is 0.324 e.